The highest BCUT2D eigenvalue weighted by molar-refractivity contribution is 5.75. The zero-order chi connectivity index (χ0) is 29.7. The summed E-state index contributed by atoms with van der Waals surface area (Å²) in [5.74, 6) is -0.931. The summed E-state index contributed by atoms with van der Waals surface area (Å²) >= 11 is 0. The molecule has 3 atom stereocenters. The summed E-state index contributed by atoms with van der Waals surface area (Å²) in [5.41, 5.74) is 4.82. The summed E-state index contributed by atoms with van der Waals surface area (Å²) in [6.45, 7) is 2.00. The van der Waals surface area contributed by atoms with Gasteiger partial charge in [-0.05, 0) is 48.7 Å². The number of nitrogens with zero attached hydrogens (tertiary/aromatic N) is 2. The summed E-state index contributed by atoms with van der Waals surface area (Å²) in [6.07, 6.45) is 4.06. The smallest absolute Gasteiger partial charge is 0.303 e. The first-order valence-electron chi connectivity index (χ1n) is 14.6. The number of likely N-dealkylation sites (N-methyl/N-ethyl adjacent to an activating group) is 1. The molecule has 224 valence electrons. The van der Waals surface area contributed by atoms with Crippen molar-refractivity contribution < 1.29 is 29.3 Å². The van der Waals surface area contributed by atoms with Gasteiger partial charge in [-0.1, -0.05) is 54.6 Å². The minimum absolute atomic E-state index is 0.00123. The molecular weight excluding hydrogens is 534 g/mol. The number of nitrogens with one attached hydrogen (secondary N) is 1. The van der Waals surface area contributed by atoms with E-state index in [-0.39, 0.29) is 31.1 Å². The number of aliphatic hydroxyl groups excluding tert-OH is 1. The van der Waals surface area contributed by atoms with Crippen molar-refractivity contribution in [3.63, 3.8) is 0 Å². The number of carboxylic acids is 1. The van der Waals surface area contributed by atoms with E-state index < -0.39 is 12.3 Å². The molecule has 0 spiro atoms. The molecule has 3 aromatic rings. The van der Waals surface area contributed by atoms with Crippen molar-refractivity contribution in [2.24, 2.45) is 0 Å². The summed E-state index contributed by atoms with van der Waals surface area (Å²) in [7, 11) is 2.09. The average Bonchev–Trinajstić information content (AvgIpc) is 3.01. The number of pyridine rings is 1. The van der Waals surface area contributed by atoms with Crippen LogP contribution in [0.1, 0.15) is 72.4 Å². The van der Waals surface area contributed by atoms with Gasteiger partial charge in [0.15, 0.2) is 6.29 Å². The fourth-order valence-corrected chi connectivity index (χ4v) is 4.97. The normalized spacial score (nSPS) is 18.6. The monoisotopic (exact) mass is 575 g/mol. The van der Waals surface area contributed by atoms with E-state index in [0.29, 0.717) is 32.2 Å². The number of ether oxygens (including phenoxy) is 2. The summed E-state index contributed by atoms with van der Waals surface area (Å²) in [4.78, 5) is 29.4. The number of aliphatic carboxylic acids is 1. The fraction of sp³-hybridized carbons (Fsp3) is 0.424. The third-order valence-corrected chi connectivity index (χ3v) is 7.39. The molecule has 1 fully saturated rings. The minimum atomic E-state index is -0.841. The fourth-order valence-electron chi connectivity index (χ4n) is 4.97. The number of carbonyl (C=O) groups is 2. The largest absolute Gasteiger partial charge is 0.481 e. The minimum Gasteiger partial charge on any atom is -0.481 e. The summed E-state index contributed by atoms with van der Waals surface area (Å²) in [6, 6.07) is 21.7. The number of aromatic nitrogens is 1. The van der Waals surface area contributed by atoms with Crippen molar-refractivity contribution in [1.29, 1.82) is 0 Å². The molecule has 0 saturated carbocycles. The Morgan fingerprint density at radius 2 is 1.67 bits per heavy atom. The third-order valence-electron chi connectivity index (χ3n) is 7.39. The third kappa shape index (κ3) is 10.0. The second-order valence-corrected chi connectivity index (χ2v) is 10.8. The van der Waals surface area contributed by atoms with Crippen LogP contribution in [0.2, 0.25) is 0 Å². The number of amides is 1. The second-order valence-electron chi connectivity index (χ2n) is 10.8. The zero-order valence-electron chi connectivity index (χ0n) is 24.2. The number of rotatable bonds is 15. The van der Waals surface area contributed by atoms with Crippen LogP contribution in [0.3, 0.4) is 0 Å². The molecule has 9 heteroatoms. The lowest BCUT2D eigenvalue weighted by Crippen LogP contribution is -2.38. The van der Waals surface area contributed by atoms with Crippen LogP contribution >= 0.6 is 0 Å². The topological polar surface area (TPSA) is 121 Å². The number of carboxylic acid groups (broad SMARTS) is 1. The van der Waals surface area contributed by atoms with Crippen molar-refractivity contribution in [3.05, 3.63) is 101 Å². The van der Waals surface area contributed by atoms with Crippen molar-refractivity contribution in [3.8, 4) is 0 Å². The van der Waals surface area contributed by atoms with Crippen LogP contribution in [0.15, 0.2) is 72.9 Å². The first-order valence-corrected chi connectivity index (χ1v) is 14.6. The maximum Gasteiger partial charge on any atom is 0.303 e. The number of carbonyl (C=O) groups excluding carboxylic acids is 1. The highest BCUT2D eigenvalue weighted by Gasteiger charge is 2.32. The van der Waals surface area contributed by atoms with Crippen molar-refractivity contribution in [2.45, 2.75) is 70.2 Å². The molecule has 3 N–H and O–H groups in total. The lowest BCUT2D eigenvalue weighted by atomic mass is 9.99. The lowest BCUT2D eigenvalue weighted by Gasteiger charge is -2.38. The lowest BCUT2D eigenvalue weighted by molar-refractivity contribution is -0.252. The van der Waals surface area contributed by atoms with Crippen molar-refractivity contribution in [1.82, 2.24) is 15.2 Å². The maximum atomic E-state index is 12.1. The molecule has 0 unspecified atom stereocenters. The van der Waals surface area contributed by atoms with Crippen LogP contribution in [0.25, 0.3) is 0 Å². The van der Waals surface area contributed by atoms with Gasteiger partial charge in [-0.2, -0.15) is 0 Å². The predicted molar refractivity (Wildman–Crippen MR) is 158 cm³/mol. The first kappa shape index (κ1) is 31.3. The molecule has 2 heterocycles. The Bertz CT molecular complexity index is 1250. The highest BCUT2D eigenvalue weighted by atomic mass is 16.7. The Balaban J connectivity index is 1.36. The van der Waals surface area contributed by atoms with Gasteiger partial charge in [-0.25, -0.2) is 0 Å². The molecule has 1 aliphatic heterocycles. The molecule has 1 aromatic heterocycles. The predicted octanol–water partition coefficient (Wildman–Crippen LogP) is 4.56. The molecule has 1 aliphatic rings. The summed E-state index contributed by atoms with van der Waals surface area (Å²) in [5, 5.41) is 21.1. The van der Waals surface area contributed by atoms with Crippen LogP contribution < -0.4 is 5.32 Å². The van der Waals surface area contributed by atoms with Gasteiger partial charge in [0, 0.05) is 62.8 Å². The first-order chi connectivity index (χ1) is 20.4. The summed E-state index contributed by atoms with van der Waals surface area (Å²) < 4.78 is 12.9. The van der Waals surface area contributed by atoms with Gasteiger partial charge >= 0.3 is 5.97 Å². The average molecular weight is 576 g/mol. The molecule has 9 nitrogen and oxygen atoms in total. The number of aliphatic hydroxyl groups is 1. The standard InChI is InChI=1S/C33H41N3O6/c1-36(19-17-28-6-4-5-18-34-28)22-29-20-30(26-13-11-25(23-37)12-14-26)42-33(41-29)27-15-9-24(10-16-27)21-35-31(38)7-2-3-8-32(39)40/h4-6,9-16,18,29-30,33,37H,2-3,7-8,17,19-23H2,1H3,(H,35,38)(H,39,40)/t29-,30+,33+/m0/s1. The van der Waals surface area contributed by atoms with E-state index >= 15 is 0 Å². The Morgan fingerprint density at radius 3 is 2.36 bits per heavy atom. The van der Waals surface area contributed by atoms with E-state index in [4.69, 9.17) is 14.6 Å². The number of hydrogen-bond acceptors (Lipinski definition) is 7. The maximum absolute atomic E-state index is 12.1. The van der Waals surface area contributed by atoms with Gasteiger partial charge in [0.1, 0.15) is 0 Å². The van der Waals surface area contributed by atoms with E-state index in [2.05, 4.69) is 22.2 Å². The Hall–Kier alpha value is -3.63. The SMILES string of the molecule is CN(CCc1ccccn1)C[C@@H]1C[C@H](c2ccc(CO)cc2)O[C@H](c2ccc(CNC(=O)CCCCC(=O)O)cc2)O1. The van der Waals surface area contributed by atoms with E-state index in [1.807, 2.05) is 72.9 Å². The van der Waals surface area contributed by atoms with Crippen LogP contribution in [-0.2, 0) is 38.6 Å². The Labute approximate surface area is 247 Å². The number of unbranched alkanes of at least 4 members (excludes halogenated alkanes) is 1. The van der Waals surface area contributed by atoms with Crippen LogP contribution in [0.4, 0.5) is 0 Å². The van der Waals surface area contributed by atoms with Gasteiger partial charge in [0.25, 0.3) is 0 Å². The van der Waals surface area contributed by atoms with Gasteiger partial charge in [-0.3, -0.25) is 14.6 Å². The van der Waals surface area contributed by atoms with E-state index in [1.165, 1.54) is 0 Å². The van der Waals surface area contributed by atoms with Crippen LogP contribution in [-0.4, -0.2) is 58.2 Å². The molecule has 4 rings (SSSR count). The molecule has 1 amide bonds. The van der Waals surface area contributed by atoms with E-state index in [1.54, 1.807) is 0 Å². The Kier molecular flexibility index (Phi) is 12.0. The molecular formula is C33H41N3O6. The molecule has 2 aromatic carbocycles. The number of hydrogen-bond donors (Lipinski definition) is 3. The van der Waals surface area contributed by atoms with E-state index in [0.717, 1.165) is 47.5 Å². The highest BCUT2D eigenvalue weighted by Crippen LogP contribution is 2.38. The quantitative estimate of drug-likeness (QED) is 0.226. The van der Waals surface area contributed by atoms with Gasteiger partial charge < -0.3 is 29.9 Å². The van der Waals surface area contributed by atoms with Crippen LogP contribution in [0, 0.1) is 0 Å². The molecule has 0 aliphatic carbocycles. The Morgan fingerprint density at radius 1 is 0.952 bits per heavy atom. The van der Waals surface area contributed by atoms with Crippen molar-refractivity contribution >= 4 is 11.9 Å². The van der Waals surface area contributed by atoms with Crippen LogP contribution in [0.5, 0.6) is 0 Å². The molecule has 42 heavy (non-hydrogen) atoms. The van der Waals surface area contributed by atoms with Gasteiger partial charge in [0.2, 0.25) is 5.91 Å². The molecule has 0 bridgehead atoms. The van der Waals surface area contributed by atoms with E-state index in [9.17, 15) is 14.7 Å². The zero-order valence-corrected chi connectivity index (χ0v) is 24.2. The molecule has 0 radical (unpaired) electrons. The van der Waals surface area contributed by atoms with Crippen molar-refractivity contribution in [2.75, 3.05) is 20.1 Å². The van der Waals surface area contributed by atoms with Gasteiger partial charge in [0.05, 0.1) is 18.8 Å². The molecule has 1 saturated heterocycles. The number of benzene rings is 2. The second kappa shape index (κ2) is 16.1. The van der Waals surface area contributed by atoms with Gasteiger partial charge in [-0.15, -0.1) is 0 Å².